The maximum atomic E-state index is 12.5. The van der Waals surface area contributed by atoms with E-state index in [2.05, 4.69) is 15.0 Å². The van der Waals surface area contributed by atoms with Crippen molar-refractivity contribution in [2.45, 2.75) is 6.54 Å². The second-order valence-electron chi connectivity index (χ2n) is 4.79. The highest BCUT2D eigenvalue weighted by Gasteiger charge is 2.16. The average Bonchev–Trinajstić information content (AvgIpc) is 3.06. The normalized spacial score (nSPS) is 10.4. The quantitative estimate of drug-likeness (QED) is 0.743. The summed E-state index contributed by atoms with van der Waals surface area (Å²) in [6.07, 6.45) is 8.55. The van der Waals surface area contributed by atoms with Crippen LogP contribution in [0.3, 0.4) is 0 Å². The van der Waals surface area contributed by atoms with Crippen molar-refractivity contribution in [2.75, 3.05) is 7.05 Å². The lowest BCUT2D eigenvalue weighted by Gasteiger charge is -2.15. The number of carbonyl (C=O) groups excluding carboxylic acids is 1. The molecule has 0 aliphatic carbocycles. The lowest BCUT2D eigenvalue weighted by molar-refractivity contribution is 0.0789. The molecule has 3 rings (SSSR count). The number of amides is 1. The summed E-state index contributed by atoms with van der Waals surface area (Å²) in [5, 5.41) is 0.797. The molecule has 0 saturated heterocycles. The van der Waals surface area contributed by atoms with Gasteiger partial charge in [0.05, 0.1) is 6.20 Å². The minimum absolute atomic E-state index is 0.0449. The van der Waals surface area contributed by atoms with Gasteiger partial charge in [-0.2, -0.15) is 0 Å². The van der Waals surface area contributed by atoms with Crippen molar-refractivity contribution in [3.63, 3.8) is 0 Å². The minimum atomic E-state index is -0.0449. The molecule has 22 heavy (non-hydrogen) atoms. The van der Waals surface area contributed by atoms with Gasteiger partial charge in [0, 0.05) is 43.9 Å². The zero-order valence-corrected chi connectivity index (χ0v) is 12.8. The molecule has 0 saturated carbocycles. The van der Waals surface area contributed by atoms with Crippen LogP contribution in [0.4, 0.5) is 0 Å². The van der Waals surface area contributed by atoms with E-state index >= 15 is 0 Å². The Balaban J connectivity index is 1.74. The molecule has 6 heteroatoms. The summed E-state index contributed by atoms with van der Waals surface area (Å²) in [7, 11) is 1.78. The SMILES string of the molecule is CN(Cc1cccnc1)C(=O)c1cnc(-c2cccnc2)s1. The van der Waals surface area contributed by atoms with E-state index in [1.807, 2.05) is 24.3 Å². The van der Waals surface area contributed by atoms with Gasteiger partial charge in [-0.05, 0) is 23.8 Å². The lowest BCUT2D eigenvalue weighted by atomic mass is 10.2. The summed E-state index contributed by atoms with van der Waals surface area (Å²) in [6, 6.07) is 7.59. The first kappa shape index (κ1) is 14.3. The number of nitrogens with zero attached hydrogens (tertiary/aromatic N) is 4. The van der Waals surface area contributed by atoms with Crippen molar-refractivity contribution in [1.29, 1.82) is 0 Å². The molecule has 3 heterocycles. The second kappa shape index (κ2) is 6.44. The largest absolute Gasteiger partial charge is 0.337 e. The Hall–Kier alpha value is -2.60. The van der Waals surface area contributed by atoms with Gasteiger partial charge in [0.15, 0.2) is 0 Å². The van der Waals surface area contributed by atoms with Crippen LogP contribution in [0.2, 0.25) is 0 Å². The molecule has 0 unspecified atom stereocenters. The number of thiazole rings is 1. The molecular weight excluding hydrogens is 296 g/mol. The first-order valence-corrected chi connectivity index (χ1v) is 7.56. The molecule has 3 aromatic rings. The maximum Gasteiger partial charge on any atom is 0.265 e. The highest BCUT2D eigenvalue weighted by molar-refractivity contribution is 7.16. The van der Waals surface area contributed by atoms with Crippen molar-refractivity contribution >= 4 is 17.2 Å². The van der Waals surface area contributed by atoms with Gasteiger partial charge in [0.1, 0.15) is 9.88 Å². The number of rotatable bonds is 4. The molecule has 0 aliphatic rings. The minimum Gasteiger partial charge on any atom is -0.337 e. The Morgan fingerprint density at radius 2 is 1.91 bits per heavy atom. The standard InChI is InChI=1S/C16H14N4OS/c1-20(11-12-4-2-6-17-8-12)16(21)14-10-19-15(22-14)13-5-3-7-18-9-13/h2-10H,11H2,1H3. The van der Waals surface area contributed by atoms with Gasteiger partial charge in [-0.15, -0.1) is 11.3 Å². The maximum absolute atomic E-state index is 12.5. The molecule has 0 bridgehead atoms. The summed E-state index contributed by atoms with van der Waals surface area (Å²) in [5.41, 5.74) is 1.91. The Kier molecular flexibility index (Phi) is 4.20. The molecule has 0 aromatic carbocycles. The monoisotopic (exact) mass is 310 g/mol. The Bertz CT molecular complexity index is 758. The zero-order chi connectivity index (χ0) is 15.4. The first-order valence-electron chi connectivity index (χ1n) is 6.74. The summed E-state index contributed by atoms with van der Waals surface area (Å²) in [4.78, 5) is 27.2. The van der Waals surface area contributed by atoms with Crippen LogP contribution in [0.1, 0.15) is 15.2 Å². The van der Waals surface area contributed by atoms with Gasteiger partial charge >= 0.3 is 0 Å². The molecule has 3 aromatic heterocycles. The Labute approximate surface area is 132 Å². The number of aromatic nitrogens is 3. The van der Waals surface area contributed by atoms with Crippen LogP contribution in [-0.4, -0.2) is 32.8 Å². The summed E-state index contributed by atoms with van der Waals surface area (Å²) < 4.78 is 0. The van der Waals surface area contributed by atoms with Crippen molar-refractivity contribution < 1.29 is 4.79 Å². The molecule has 1 amide bonds. The summed E-state index contributed by atoms with van der Waals surface area (Å²) in [6.45, 7) is 0.521. The third-order valence-corrected chi connectivity index (χ3v) is 4.15. The van der Waals surface area contributed by atoms with Gasteiger partial charge in [0.25, 0.3) is 5.91 Å². The zero-order valence-electron chi connectivity index (χ0n) is 12.0. The third kappa shape index (κ3) is 3.17. The van der Waals surface area contributed by atoms with E-state index in [1.54, 1.807) is 42.9 Å². The van der Waals surface area contributed by atoms with Crippen molar-refractivity contribution in [2.24, 2.45) is 0 Å². The molecule has 0 radical (unpaired) electrons. The van der Waals surface area contributed by atoms with Crippen molar-refractivity contribution in [3.05, 3.63) is 65.7 Å². The fourth-order valence-corrected chi connectivity index (χ4v) is 2.92. The van der Waals surface area contributed by atoms with E-state index < -0.39 is 0 Å². The van der Waals surface area contributed by atoms with Crippen LogP contribution >= 0.6 is 11.3 Å². The summed E-state index contributed by atoms with van der Waals surface area (Å²) >= 11 is 1.38. The first-order chi connectivity index (χ1) is 10.7. The third-order valence-electron chi connectivity index (χ3n) is 3.11. The van der Waals surface area contributed by atoms with Gasteiger partial charge < -0.3 is 4.90 Å². The van der Waals surface area contributed by atoms with Crippen molar-refractivity contribution in [3.8, 4) is 10.6 Å². The number of hydrogen-bond donors (Lipinski definition) is 0. The molecule has 0 atom stereocenters. The van der Waals surface area contributed by atoms with Gasteiger partial charge in [-0.1, -0.05) is 6.07 Å². The fraction of sp³-hybridized carbons (Fsp3) is 0.125. The van der Waals surface area contributed by atoms with Gasteiger partial charge in [-0.3, -0.25) is 14.8 Å². The van der Waals surface area contributed by atoms with Crippen LogP contribution in [0.15, 0.2) is 55.2 Å². The molecule has 110 valence electrons. The molecular formula is C16H14N4OS. The average molecular weight is 310 g/mol. The Morgan fingerprint density at radius 1 is 1.14 bits per heavy atom. The smallest absolute Gasteiger partial charge is 0.265 e. The second-order valence-corrected chi connectivity index (χ2v) is 5.82. The van der Waals surface area contributed by atoms with Crippen LogP contribution in [0, 0.1) is 0 Å². The topological polar surface area (TPSA) is 59.0 Å². The van der Waals surface area contributed by atoms with E-state index in [9.17, 15) is 4.79 Å². The highest BCUT2D eigenvalue weighted by atomic mass is 32.1. The predicted octanol–water partition coefficient (Wildman–Crippen LogP) is 2.87. The molecule has 0 aliphatic heterocycles. The Morgan fingerprint density at radius 3 is 2.59 bits per heavy atom. The lowest BCUT2D eigenvalue weighted by Crippen LogP contribution is -2.25. The highest BCUT2D eigenvalue weighted by Crippen LogP contribution is 2.25. The van der Waals surface area contributed by atoms with Crippen LogP contribution in [0.25, 0.3) is 10.6 Å². The van der Waals surface area contributed by atoms with Crippen LogP contribution < -0.4 is 0 Å². The van der Waals surface area contributed by atoms with E-state index in [0.717, 1.165) is 16.1 Å². The molecule has 0 spiro atoms. The van der Waals surface area contributed by atoms with E-state index in [-0.39, 0.29) is 5.91 Å². The number of hydrogen-bond acceptors (Lipinski definition) is 5. The molecule has 5 nitrogen and oxygen atoms in total. The number of carbonyl (C=O) groups is 1. The molecule has 0 fully saturated rings. The number of pyridine rings is 2. The fourth-order valence-electron chi connectivity index (χ4n) is 2.02. The van der Waals surface area contributed by atoms with E-state index in [1.165, 1.54) is 11.3 Å². The van der Waals surface area contributed by atoms with Crippen molar-refractivity contribution in [1.82, 2.24) is 19.9 Å². The molecule has 0 N–H and O–H groups in total. The summed E-state index contributed by atoms with van der Waals surface area (Å²) in [5.74, 6) is -0.0449. The van der Waals surface area contributed by atoms with E-state index in [0.29, 0.717) is 11.4 Å². The predicted molar refractivity (Wildman–Crippen MR) is 85.4 cm³/mol. The van der Waals surface area contributed by atoms with Crippen LogP contribution in [0.5, 0.6) is 0 Å². The van der Waals surface area contributed by atoms with Crippen LogP contribution in [-0.2, 0) is 6.54 Å². The van der Waals surface area contributed by atoms with Gasteiger partial charge in [-0.25, -0.2) is 4.98 Å². The van der Waals surface area contributed by atoms with E-state index in [4.69, 9.17) is 0 Å². The van der Waals surface area contributed by atoms with Gasteiger partial charge in [0.2, 0.25) is 0 Å².